The highest BCUT2D eigenvalue weighted by Crippen LogP contribution is 2.44. The van der Waals surface area contributed by atoms with Gasteiger partial charge in [-0.05, 0) is 49.5 Å². The maximum atomic E-state index is 13.2. The van der Waals surface area contributed by atoms with Gasteiger partial charge in [-0.3, -0.25) is 9.59 Å². The summed E-state index contributed by atoms with van der Waals surface area (Å²) in [6.45, 7) is 1.97. The lowest BCUT2D eigenvalue weighted by Crippen LogP contribution is -2.45. The molecular formula is C21H27NO4. The summed E-state index contributed by atoms with van der Waals surface area (Å²) in [7, 11) is 0. The third-order valence-corrected chi connectivity index (χ3v) is 6.29. The van der Waals surface area contributed by atoms with Gasteiger partial charge in [0, 0.05) is 19.7 Å². The van der Waals surface area contributed by atoms with E-state index in [1.165, 1.54) is 0 Å². The summed E-state index contributed by atoms with van der Waals surface area (Å²) in [5, 5.41) is 9.38. The Morgan fingerprint density at radius 1 is 1.04 bits per heavy atom. The van der Waals surface area contributed by atoms with E-state index >= 15 is 0 Å². The molecule has 4 rings (SSSR count). The number of likely N-dealkylation sites (tertiary alicyclic amines) is 1. The van der Waals surface area contributed by atoms with Gasteiger partial charge >= 0.3 is 5.97 Å². The van der Waals surface area contributed by atoms with E-state index in [1.54, 1.807) is 0 Å². The quantitative estimate of drug-likeness (QED) is 0.880. The van der Waals surface area contributed by atoms with Gasteiger partial charge in [-0.2, -0.15) is 0 Å². The molecule has 3 atom stereocenters. The van der Waals surface area contributed by atoms with Crippen LogP contribution in [0, 0.1) is 17.8 Å². The van der Waals surface area contributed by atoms with Crippen LogP contribution in [0.2, 0.25) is 0 Å². The van der Waals surface area contributed by atoms with Crippen LogP contribution in [-0.4, -0.2) is 47.7 Å². The molecule has 3 fully saturated rings. The van der Waals surface area contributed by atoms with Crippen molar-refractivity contribution >= 4 is 11.9 Å². The number of carbonyl (C=O) groups is 2. The molecule has 1 aromatic rings. The minimum absolute atomic E-state index is 0.0118. The lowest BCUT2D eigenvalue weighted by Gasteiger charge is -2.37. The van der Waals surface area contributed by atoms with E-state index in [4.69, 9.17) is 4.74 Å². The molecule has 0 bridgehead atoms. The Labute approximate surface area is 154 Å². The molecule has 1 aromatic carbocycles. The molecule has 1 amide bonds. The molecule has 5 nitrogen and oxygen atoms in total. The first-order valence-corrected chi connectivity index (χ1v) is 9.83. The predicted molar refractivity (Wildman–Crippen MR) is 96.7 cm³/mol. The molecule has 26 heavy (non-hydrogen) atoms. The fraction of sp³-hybridized carbons (Fsp3) is 0.619. The van der Waals surface area contributed by atoms with Crippen LogP contribution in [-0.2, 0) is 14.3 Å². The first kappa shape index (κ1) is 17.5. The fourth-order valence-corrected chi connectivity index (χ4v) is 4.69. The summed E-state index contributed by atoms with van der Waals surface area (Å²) in [5.74, 6) is -0.160. The maximum Gasteiger partial charge on any atom is 0.309 e. The van der Waals surface area contributed by atoms with E-state index < -0.39 is 5.97 Å². The Morgan fingerprint density at radius 3 is 2.35 bits per heavy atom. The van der Waals surface area contributed by atoms with Crippen LogP contribution in [0.15, 0.2) is 30.3 Å². The van der Waals surface area contributed by atoms with Gasteiger partial charge < -0.3 is 14.7 Å². The molecule has 1 saturated carbocycles. The maximum absolute atomic E-state index is 13.2. The van der Waals surface area contributed by atoms with Crippen LogP contribution < -0.4 is 0 Å². The third kappa shape index (κ3) is 3.50. The van der Waals surface area contributed by atoms with Gasteiger partial charge in [0.25, 0.3) is 0 Å². The topological polar surface area (TPSA) is 66.8 Å². The van der Waals surface area contributed by atoms with E-state index in [1.807, 2.05) is 23.1 Å². The molecule has 2 aliphatic heterocycles. The number of aliphatic carboxylic acids is 1. The van der Waals surface area contributed by atoms with E-state index in [-0.39, 0.29) is 29.8 Å². The standard InChI is InChI=1S/C21H27NO4/c23-20(18(15-6-7-15)14-4-2-1-3-5-14)22-11-8-16(9-12-22)19-17(21(24)25)10-13-26-19/h1-5,15-19H,6-13H2,(H,24,25)/t17?,18?,19-/m0/s1. The first-order valence-electron chi connectivity index (χ1n) is 9.83. The van der Waals surface area contributed by atoms with Crippen LogP contribution in [0.3, 0.4) is 0 Å². The summed E-state index contributed by atoms with van der Waals surface area (Å²) in [6, 6.07) is 10.1. The normalized spacial score (nSPS) is 28.1. The minimum Gasteiger partial charge on any atom is -0.481 e. The van der Waals surface area contributed by atoms with Gasteiger partial charge in [-0.15, -0.1) is 0 Å². The van der Waals surface area contributed by atoms with Gasteiger partial charge in [0.2, 0.25) is 5.91 Å². The van der Waals surface area contributed by atoms with Crippen molar-refractivity contribution in [2.24, 2.45) is 17.8 Å². The molecule has 0 spiro atoms. The summed E-state index contributed by atoms with van der Waals surface area (Å²) in [6.07, 6.45) is 4.38. The fourth-order valence-electron chi connectivity index (χ4n) is 4.69. The van der Waals surface area contributed by atoms with Crippen molar-refractivity contribution < 1.29 is 19.4 Å². The van der Waals surface area contributed by atoms with E-state index in [0.717, 1.165) is 31.2 Å². The Bertz CT molecular complexity index is 649. The summed E-state index contributed by atoms with van der Waals surface area (Å²) in [5.41, 5.74) is 1.13. The van der Waals surface area contributed by atoms with Crippen molar-refractivity contribution in [1.82, 2.24) is 4.90 Å². The summed E-state index contributed by atoms with van der Waals surface area (Å²) in [4.78, 5) is 26.6. The van der Waals surface area contributed by atoms with Crippen molar-refractivity contribution in [3.63, 3.8) is 0 Å². The Hall–Kier alpha value is -1.88. The SMILES string of the molecule is O=C(O)C1CCO[C@H]1C1CCN(C(=O)C(c2ccccc2)C2CC2)CC1. The number of carbonyl (C=O) groups excluding carboxylic acids is 1. The number of piperidine rings is 1. The van der Waals surface area contributed by atoms with E-state index in [2.05, 4.69) is 12.1 Å². The molecule has 0 radical (unpaired) electrons. The second kappa shape index (κ2) is 7.39. The van der Waals surface area contributed by atoms with Gasteiger partial charge in [0.15, 0.2) is 0 Å². The number of rotatable bonds is 5. The zero-order valence-electron chi connectivity index (χ0n) is 15.0. The third-order valence-electron chi connectivity index (χ3n) is 6.29. The number of ether oxygens (including phenoxy) is 1. The molecule has 1 aliphatic carbocycles. The molecule has 3 aliphatic rings. The van der Waals surface area contributed by atoms with Crippen molar-refractivity contribution in [3.8, 4) is 0 Å². The highest BCUT2D eigenvalue weighted by atomic mass is 16.5. The number of nitrogens with zero attached hydrogens (tertiary/aromatic N) is 1. The number of carboxylic acid groups (broad SMARTS) is 1. The van der Waals surface area contributed by atoms with Gasteiger partial charge in [0.05, 0.1) is 17.9 Å². The van der Waals surface area contributed by atoms with E-state index in [9.17, 15) is 14.7 Å². The van der Waals surface area contributed by atoms with Crippen molar-refractivity contribution in [2.45, 2.75) is 44.1 Å². The number of benzene rings is 1. The molecule has 2 unspecified atom stereocenters. The van der Waals surface area contributed by atoms with Crippen LogP contribution in [0.5, 0.6) is 0 Å². The van der Waals surface area contributed by atoms with Crippen LogP contribution in [0.1, 0.15) is 43.6 Å². The van der Waals surface area contributed by atoms with Gasteiger partial charge in [-0.25, -0.2) is 0 Å². The van der Waals surface area contributed by atoms with E-state index in [0.29, 0.717) is 32.0 Å². The summed E-state index contributed by atoms with van der Waals surface area (Å²) >= 11 is 0. The number of amides is 1. The first-order chi connectivity index (χ1) is 12.6. The molecule has 5 heteroatoms. The van der Waals surface area contributed by atoms with Crippen LogP contribution >= 0.6 is 0 Å². The average Bonchev–Trinajstić information content (AvgIpc) is 3.36. The number of hydrogen-bond donors (Lipinski definition) is 1. The summed E-state index contributed by atoms with van der Waals surface area (Å²) < 4.78 is 5.74. The highest BCUT2D eigenvalue weighted by molar-refractivity contribution is 5.84. The monoisotopic (exact) mass is 357 g/mol. The van der Waals surface area contributed by atoms with Crippen molar-refractivity contribution in [3.05, 3.63) is 35.9 Å². The molecule has 2 saturated heterocycles. The Morgan fingerprint density at radius 2 is 1.73 bits per heavy atom. The molecule has 1 N–H and O–H groups in total. The molecular weight excluding hydrogens is 330 g/mol. The zero-order valence-corrected chi connectivity index (χ0v) is 15.0. The molecule has 2 heterocycles. The zero-order chi connectivity index (χ0) is 18.1. The largest absolute Gasteiger partial charge is 0.481 e. The minimum atomic E-state index is -0.746. The van der Waals surface area contributed by atoms with Crippen LogP contribution in [0.4, 0.5) is 0 Å². The number of hydrogen-bond acceptors (Lipinski definition) is 3. The second-order valence-electron chi connectivity index (χ2n) is 7.96. The number of carboxylic acids is 1. The Balaban J connectivity index is 1.39. The van der Waals surface area contributed by atoms with Crippen molar-refractivity contribution in [1.29, 1.82) is 0 Å². The van der Waals surface area contributed by atoms with Gasteiger partial charge in [-0.1, -0.05) is 30.3 Å². The molecule has 0 aromatic heterocycles. The Kier molecular flexibility index (Phi) is 4.98. The van der Waals surface area contributed by atoms with Crippen molar-refractivity contribution in [2.75, 3.05) is 19.7 Å². The average molecular weight is 357 g/mol. The molecule has 140 valence electrons. The lowest BCUT2D eigenvalue weighted by molar-refractivity contribution is -0.146. The predicted octanol–water partition coefficient (Wildman–Crippen LogP) is 2.91. The highest BCUT2D eigenvalue weighted by Gasteiger charge is 2.43. The van der Waals surface area contributed by atoms with Gasteiger partial charge in [0.1, 0.15) is 0 Å². The van der Waals surface area contributed by atoms with Crippen LogP contribution in [0.25, 0.3) is 0 Å². The second-order valence-corrected chi connectivity index (χ2v) is 7.96. The smallest absolute Gasteiger partial charge is 0.309 e. The lowest BCUT2D eigenvalue weighted by atomic mass is 9.83.